The second kappa shape index (κ2) is 8.80. The average Bonchev–Trinajstić information content (AvgIpc) is 3.36. The summed E-state index contributed by atoms with van der Waals surface area (Å²) in [5.74, 6) is 0.725. The number of halogens is 1. The van der Waals surface area contributed by atoms with Gasteiger partial charge in [-0.3, -0.25) is 4.79 Å². The molecule has 1 aliphatic rings. The standard InChI is InChI=1S/C21H24BrN5O4/c1-14-10-15(22)4-5-17(14)27-13-18(23-25-27)21(29)6-3-8-26(9-7-21)20(28)12-16-11-19(30-2)24-31-16/h4-5,10-11,13,29H,3,6-9,12H2,1-2H3. The second-order valence-corrected chi connectivity index (χ2v) is 8.67. The zero-order valence-corrected chi connectivity index (χ0v) is 19.0. The maximum Gasteiger partial charge on any atom is 0.254 e. The van der Waals surface area contributed by atoms with E-state index in [9.17, 15) is 9.90 Å². The van der Waals surface area contributed by atoms with Gasteiger partial charge in [0.15, 0.2) is 0 Å². The van der Waals surface area contributed by atoms with Crippen LogP contribution in [0, 0.1) is 6.92 Å². The number of aryl methyl sites for hydroxylation is 1. The number of methoxy groups -OCH3 is 1. The first-order valence-electron chi connectivity index (χ1n) is 10.1. The average molecular weight is 490 g/mol. The molecule has 1 saturated heterocycles. The highest BCUT2D eigenvalue weighted by Crippen LogP contribution is 2.32. The predicted molar refractivity (Wildman–Crippen MR) is 115 cm³/mol. The first-order chi connectivity index (χ1) is 14.9. The fraction of sp³-hybridized carbons (Fsp3) is 0.429. The van der Waals surface area contributed by atoms with Crippen LogP contribution in [0.2, 0.25) is 0 Å². The van der Waals surface area contributed by atoms with Gasteiger partial charge < -0.3 is 19.3 Å². The molecule has 4 rings (SSSR count). The van der Waals surface area contributed by atoms with Crippen LogP contribution in [0.3, 0.4) is 0 Å². The Hall–Kier alpha value is -2.72. The molecule has 0 saturated carbocycles. The number of amides is 1. The lowest BCUT2D eigenvalue weighted by atomic mass is 9.92. The molecule has 1 atom stereocenters. The summed E-state index contributed by atoms with van der Waals surface area (Å²) in [5.41, 5.74) is 1.33. The van der Waals surface area contributed by atoms with Gasteiger partial charge in [0.2, 0.25) is 5.91 Å². The second-order valence-electron chi connectivity index (χ2n) is 7.76. The molecule has 1 unspecified atom stereocenters. The van der Waals surface area contributed by atoms with E-state index < -0.39 is 5.60 Å². The van der Waals surface area contributed by atoms with Gasteiger partial charge in [-0.15, -0.1) is 5.10 Å². The van der Waals surface area contributed by atoms with Gasteiger partial charge in [-0.1, -0.05) is 21.1 Å². The van der Waals surface area contributed by atoms with Crippen molar-refractivity contribution in [3.63, 3.8) is 0 Å². The van der Waals surface area contributed by atoms with Crippen LogP contribution in [0.15, 0.2) is 39.5 Å². The van der Waals surface area contributed by atoms with E-state index in [0.717, 1.165) is 15.7 Å². The molecule has 0 radical (unpaired) electrons. The van der Waals surface area contributed by atoms with Crippen LogP contribution in [0.25, 0.3) is 5.69 Å². The summed E-state index contributed by atoms with van der Waals surface area (Å²) in [6, 6.07) is 7.50. The fourth-order valence-corrected chi connectivity index (χ4v) is 4.31. The third-order valence-electron chi connectivity index (χ3n) is 5.61. The normalized spacial score (nSPS) is 19.3. The van der Waals surface area contributed by atoms with Gasteiger partial charge in [0, 0.05) is 23.6 Å². The Morgan fingerprint density at radius 3 is 2.90 bits per heavy atom. The fourth-order valence-electron chi connectivity index (χ4n) is 3.83. The molecule has 10 heteroatoms. The number of hydrogen-bond acceptors (Lipinski definition) is 7. The summed E-state index contributed by atoms with van der Waals surface area (Å²) in [4.78, 5) is 14.4. The number of nitrogens with zero attached hydrogens (tertiary/aromatic N) is 5. The number of likely N-dealkylation sites (tertiary alicyclic amines) is 1. The van der Waals surface area contributed by atoms with Crippen molar-refractivity contribution < 1.29 is 19.2 Å². The monoisotopic (exact) mass is 489 g/mol. The highest BCUT2D eigenvalue weighted by atomic mass is 79.9. The summed E-state index contributed by atoms with van der Waals surface area (Å²) >= 11 is 3.46. The summed E-state index contributed by atoms with van der Waals surface area (Å²) in [5, 5.41) is 23.5. The van der Waals surface area contributed by atoms with E-state index in [1.807, 2.05) is 25.1 Å². The molecule has 9 nitrogen and oxygen atoms in total. The molecule has 3 heterocycles. The van der Waals surface area contributed by atoms with Gasteiger partial charge in [0.25, 0.3) is 5.88 Å². The third-order valence-corrected chi connectivity index (χ3v) is 6.11. The number of rotatable bonds is 5. The summed E-state index contributed by atoms with van der Waals surface area (Å²) in [6.45, 7) is 2.98. The zero-order chi connectivity index (χ0) is 22.0. The SMILES string of the molecule is COc1cc(CC(=O)N2CCCC(O)(c3cn(-c4ccc(Br)cc4C)nn3)CC2)on1. The molecular weight excluding hydrogens is 466 g/mol. The Labute approximate surface area is 188 Å². The molecule has 1 N–H and O–H groups in total. The Bertz CT molecular complexity index is 1080. The van der Waals surface area contributed by atoms with E-state index in [1.165, 1.54) is 7.11 Å². The number of aliphatic hydroxyl groups is 1. The van der Waals surface area contributed by atoms with Gasteiger partial charge >= 0.3 is 0 Å². The van der Waals surface area contributed by atoms with Crippen molar-refractivity contribution in [3.05, 3.63) is 52.0 Å². The van der Waals surface area contributed by atoms with E-state index >= 15 is 0 Å². The van der Waals surface area contributed by atoms with Crippen LogP contribution in [-0.4, -0.2) is 56.3 Å². The number of ether oxygens (including phenoxy) is 1. The molecule has 0 spiro atoms. The van der Waals surface area contributed by atoms with Crippen LogP contribution in [0.1, 0.15) is 36.3 Å². The Morgan fingerprint density at radius 1 is 1.32 bits per heavy atom. The molecule has 1 aliphatic heterocycles. The van der Waals surface area contributed by atoms with Crippen LogP contribution in [-0.2, 0) is 16.8 Å². The minimum atomic E-state index is -1.13. The van der Waals surface area contributed by atoms with Crippen LogP contribution < -0.4 is 4.74 Å². The number of carbonyl (C=O) groups is 1. The van der Waals surface area contributed by atoms with Crippen molar-refractivity contribution in [1.82, 2.24) is 25.1 Å². The lowest BCUT2D eigenvalue weighted by Crippen LogP contribution is -2.34. The summed E-state index contributed by atoms with van der Waals surface area (Å²) in [6.07, 6.45) is 3.43. The molecule has 0 aliphatic carbocycles. The topological polar surface area (TPSA) is 107 Å². The van der Waals surface area contributed by atoms with E-state index in [2.05, 4.69) is 31.4 Å². The minimum absolute atomic E-state index is 0.0720. The number of benzene rings is 1. The van der Waals surface area contributed by atoms with Gasteiger partial charge in [-0.25, -0.2) is 4.68 Å². The molecule has 0 bridgehead atoms. The lowest BCUT2D eigenvalue weighted by Gasteiger charge is -2.24. The maximum absolute atomic E-state index is 12.7. The summed E-state index contributed by atoms with van der Waals surface area (Å²) in [7, 11) is 1.49. The van der Waals surface area contributed by atoms with Crippen molar-refractivity contribution in [2.75, 3.05) is 20.2 Å². The van der Waals surface area contributed by atoms with E-state index in [0.29, 0.717) is 49.7 Å². The number of hydrogen-bond donors (Lipinski definition) is 1. The largest absolute Gasteiger partial charge is 0.479 e. The van der Waals surface area contributed by atoms with Crippen molar-refractivity contribution in [2.45, 2.75) is 38.2 Å². The van der Waals surface area contributed by atoms with Crippen molar-refractivity contribution in [3.8, 4) is 11.6 Å². The van der Waals surface area contributed by atoms with Gasteiger partial charge in [-0.05, 0) is 55.1 Å². The summed E-state index contributed by atoms with van der Waals surface area (Å²) < 4.78 is 12.8. The number of carbonyl (C=O) groups excluding carboxylic acids is 1. The first-order valence-corrected chi connectivity index (χ1v) is 10.9. The van der Waals surface area contributed by atoms with Gasteiger partial charge in [0.1, 0.15) is 17.1 Å². The quantitative estimate of drug-likeness (QED) is 0.586. The molecule has 3 aromatic rings. The smallest absolute Gasteiger partial charge is 0.254 e. The van der Waals surface area contributed by atoms with Crippen LogP contribution in [0.4, 0.5) is 0 Å². The van der Waals surface area contributed by atoms with E-state index in [-0.39, 0.29) is 12.3 Å². The van der Waals surface area contributed by atoms with Crippen molar-refractivity contribution >= 4 is 21.8 Å². The van der Waals surface area contributed by atoms with Gasteiger partial charge in [0.05, 0.1) is 25.4 Å². The van der Waals surface area contributed by atoms with Crippen molar-refractivity contribution in [2.24, 2.45) is 0 Å². The van der Waals surface area contributed by atoms with Gasteiger partial charge in [-0.2, -0.15) is 0 Å². The molecular formula is C21H24BrN5O4. The first kappa shape index (κ1) is 21.5. The van der Waals surface area contributed by atoms with E-state index in [4.69, 9.17) is 9.26 Å². The molecule has 2 aromatic heterocycles. The Balaban J connectivity index is 1.45. The van der Waals surface area contributed by atoms with Crippen molar-refractivity contribution in [1.29, 1.82) is 0 Å². The molecule has 31 heavy (non-hydrogen) atoms. The Kier molecular flexibility index (Phi) is 6.10. The molecule has 1 amide bonds. The van der Waals surface area contributed by atoms with E-state index in [1.54, 1.807) is 21.8 Å². The minimum Gasteiger partial charge on any atom is -0.479 e. The Morgan fingerprint density at radius 2 is 2.16 bits per heavy atom. The highest BCUT2D eigenvalue weighted by Gasteiger charge is 2.36. The van der Waals surface area contributed by atoms with Crippen LogP contribution in [0.5, 0.6) is 5.88 Å². The predicted octanol–water partition coefficient (Wildman–Crippen LogP) is 2.78. The molecule has 1 aromatic carbocycles. The third kappa shape index (κ3) is 4.64. The highest BCUT2D eigenvalue weighted by molar-refractivity contribution is 9.10. The lowest BCUT2D eigenvalue weighted by molar-refractivity contribution is -0.130. The molecule has 1 fully saturated rings. The maximum atomic E-state index is 12.7. The zero-order valence-electron chi connectivity index (χ0n) is 17.4. The molecule has 164 valence electrons. The number of aromatic nitrogens is 4. The van der Waals surface area contributed by atoms with Crippen LogP contribution >= 0.6 is 15.9 Å².